The first-order chi connectivity index (χ1) is 8.56. The van der Waals surface area contributed by atoms with E-state index in [9.17, 15) is 5.11 Å². The van der Waals surface area contributed by atoms with Gasteiger partial charge in [0.05, 0.1) is 11.6 Å². The Morgan fingerprint density at radius 1 is 1.50 bits per heavy atom. The highest BCUT2D eigenvalue weighted by molar-refractivity contribution is 5.53. The van der Waals surface area contributed by atoms with Gasteiger partial charge in [0.15, 0.2) is 0 Å². The number of benzene rings is 1. The summed E-state index contributed by atoms with van der Waals surface area (Å²) in [6, 6.07) is 9.91. The average Bonchev–Trinajstić information content (AvgIpc) is 2.38. The number of anilines is 1. The first kappa shape index (κ1) is 12.9. The zero-order chi connectivity index (χ0) is 13.2. The van der Waals surface area contributed by atoms with Crippen molar-refractivity contribution in [3.63, 3.8) is 0 Å². The van der Waals surface area contributed by atoms with E-state index in [1.807, 2.05) is 24.3 Å². The Morgan fingerprint density at radius 3 is 2.94 bits per heavy atom. The van der Waals surface area contributed by atoms with Crippen LogP contribution in [0.15, 0.2) is 24.3 Å². The Balaban J connectivity index is 2.30. The topological polar surface area (TPSA) is 47.3 Å². The number of nitrogens with zero attached hydrogens (tertiary/aromatic N) is 2. The Hall–Kier alpha value is -1.53. The summed E-state index contributed by atoms with van der Waals surface area (Å²) in [6.07, 6.45) is 2.13. The van der Waals surface area contributed by atoms with E-state index in [2.05, 4.69) is 24.8 Å². The summed E-state index contributed by atoms with van der Waals surface area (Å²) in [6.45, 7) is 5.54. The third-order valence-corrected chi connectivity index (χ3v) is 3.88. The molecule has 3 nitrogen and oxygen atoms in total. The molecule has 0 aliphatic carbocycles. The monoisotopic (exact) mass is 244 g/mol. The van der Waals surface area contributed by atoms with Crippen LogP contribution >= 0.6 is 0 Å². The van der Waals surface area contributed by atoms with Crippen molar-refractivity contribution >= 4 is 5.69 Å². The predicted molar refractivity (Wildman–Crippen MR) is 72.4 cm³/mol. The van der Waals surface area contributed by atoms with Gasteiger partial charge in [-0.2, -0.15) is 5.26 Å². The number of hydrogen-bond donors (Lipinski definition) is 1. The van der Waals surface area contributed by atoms with E-state index >= 15 is 0 Å². The minimum absolute atomic E-state index is 0.0831. The van der Waals surface area contributed by atoms with Gasteiger partial charge in [0.1, 0.15) is 0 Å². The van der Waals surface area contributed by atoms with Crippen molar-refractivity contribution in [2.24, 2.45) is 5.92 Å². The Labute approximate surface area is 109 Å². The third-order valence-electron chi connectivity index (χ3n) is 3.88. The van der Waals surface area contributed by atoms with E-state index in [0.717, 1.165) is 25.1 Å². The number of piperidine rings is 1. The molecule has 1 N–H and O–H groups in total. The van der Waals surface area contributed by atoms with Gasteiger partial charge in [-0.05, 0) is 50.8 Å². The van der Waals surface area contributed by atoms with Crippen LogP contribution in [0.3, 0.4) is 0 Å². The molecule has 1 saturated heterocycles. The van der Waals surface area contributed by atoms with E-state index in [4.69, 9.17) is 5.26 Å². The zero-order valence-electron chi connectivity index (χ0n) is 11.1. The summed E-state index contributed by atoms with van der Waals surface area (Å²) >= 11 is 0. The molecule has 1 fully saturated rings. The summed E-state index contributed by atoms with van der Waals surface area (Å²) < 4.78 is 0. The smallest absolute Gasteiger partial charge is 0.0992 e. The molecule has 1 aromatic carbocycles. The highest BCUT2D eigenvalue weighted by Crippen LogP contribution is 2.34. The van der Waals surface area contributed by atoms with Crippen LogP contribution in [-0.4, -0.2) is 23.8 Å². The highest BCUT2D eigenvalue weighted by atomic mass is 16.3. The molecule has 96 valence electrons. The second kappa shape index (κ2) is 4.99. The van der Waals surface area contributed by atoms with Crippen LogP contribution in [0.5, 0.6) is 0 Å². The minimum atomic E-state index is 0.0831. The van der Waals surface area contributed by atoms with Gasteiger partial charge in [0, 0.05) is 24.4 Å². The van der Waals surface area contributed by atoms with Gasteiger partial charge >= 0.3 is 0 Å². The Morgan fingerprint density at radius 2 is 2.28 bits per heavy atom. The molecule has 0 amide bonds. The fraction of sp³-hybridized carbons (Fsp3) is 0.533. The van der Waals surface area contributed by atoms with Gasteiger partial charge in [-0.25, -0.2) is 0 Å². The van der Waals surface area contributed by atoms with Gasteiger partial charge in [-0.3, -0.25) is 0 Å². The van der Waals surface area contributed by atoms with E-state index in [1.165, 1.54) is 0 Å². The second-order valence-electron chi connectivity index (χ2n) is 5.67. The maximum Gasteiger partial charge on any atom is 0.0992 e. The van der Waals surface area contributed by atoms with Crippen molar-refractivity contribution in [1.29, 1.82) is 5.26 Å². The molecule has 1 atom stereocenters. The van der Waals surface area contributed by atoms with Crippen molar-refractivity contribution in [2.75, 3.05) is 18.1 Å². The predicted octanol–water partition coefficient (Wildman–Crippen LogP) is 2.55. The van der Waals surface area contributed by atoms with Crippen molar-refractivity contribution in [3.05, 3.63) is 29.8 Å². The van der Waals surface area contributed by atoms with E-state index in [-0.39, 0.29) is 12.1 Å². The standard InChI is InChI=1S/C15H20N2O/c1-15(2)7-6-13(11-18)10-17(15)14-5-3-4-12(8-14)9-16/h3-5,8,13,18H,6-7,10-11H2,1-2H3. The molecule has 1 aliphatic rings. The van der Waals surface area contributed by atoms with Crippen LogP contribution in [0, 0.1) is 17.2 Å². The maximum atomic E-state index is 9.35. The molecule has 1 heterocycles. The normalized spacial score (nSPS) is 22.6. The largest absolute Gasteiger partial charge is 0.396 e. The number of nitriles is 1. The summed E-state index contributed by atoms with van der Waals surface area (Å²) in [5.41, 5.74) is 1.85. The highest BCUT2D eigenvalue weighted by Gasteiger charge is 2.34. The van der Waals surface area contributed by atoms with Gasteiger partial charge in [0.2, 0.25) is 0 Å². The van der Waals surface area contributed by atoms with Crippen LogP contribution in [0.4, 0.5) is 5.69 Å². The van der Waals surface area contributed by atoms with Crippen LogP contribution in [-0.2, 0) is 0 Å². The SMILES string of the molecule is CC1(C)CCC(CO)CN1c1cccc(C#N)c1. The summed E-state index contributed by atoms with van der Waals surface area (Å²) in [5, 5.41) is 18.3. The lowest BCUT2D eigenvalue weighted by Gasteiger charge is -2.47. The molecule has 1 unspecified atom stereocenters. The van der Waals surface area contributed by atoms with Crippen molar-refractivity contribution in [3.8, 4) is 6.07 Å². The molecule has 0 spiro atoms. The van der Waals surface area contributed by atoms with Crippen molar-refractivity contribution in [2.45, 2.75) is 32.2 Å². The summed E-state index contributed by atoms with van der Waals surface area (Å²) in [4.78, 5) is 2.32. The van der Waals surface area contributed by atoms with Gasteiger partial charge in [-0.1, -0.05) is 6.07 Å². The fourth-order valence-corrected chi connectivity index (χ4v) is 2.64. The quantitative estimate of drug-likeness (QED) is 0.869. The van der Waals surface area contributed by atoms with Gasteiger partial charge in [-0.15, -0.1) is 0 Å². The van der Waals surface area contributed by atoms with Gasteiger partial charge < -0.3 is 10.0 Å². The average molecular weight is 244 g/mol. The third kappa shape index (κ3) is 2.49. The number of rotatable bonds is 2. The second-order valence-corrected chi connectivity index (χ2v) is 5.67. The maximum absolute atomic E-state index is 9.35. The Bertz CT molecular complexity index is 462. The number of hydrogen-bond acceptors (Lipinski definition) is 3. The molecule has 0 bridgehead atoms. The molecule has 1 aromatic rings. The molecule has 0 saturated carbocycles. The fourth-order valence-electron chi connectivity index (χ4n) is 2.64. The van der Waals surface area contributed by atoms with Gasteiger partial charge in [0.25, 0.3) is 0 Å². The van der Waals surface area contributed by atoms with E-state index in [1.54, 1.807) is 0 Å². The van der Waals surface area contributed by atoms with Crippen LogP contribution in [0.2, 0.25) is 0 Å². The summed E-state index contributed by atoms with van der Waals surface area (Å²) in [5.74, 6) is 0.337. The van der Waals surface area contributed by atoms with Crippen molar-refractivity contribution < 1.29 is 5.11 Å². The first-order valence-corrected chi connectivity index (χ1v) is 6.45. The zero-order valence-corrected chi connectivity index (χ0v) is 11.1. The molecule has 2 rings (SSSR count). The molecule has 3 heteroatoms. The molecule has 18 heavy (non-hydrogen) atoms. The number of aliphatic hydroxyl groups excluding tert-OH is 1. The van der Waals surface area contributed by atoms with Crippen LogP contribution in [0.1, 0.15) is 32.3 Å². The molecule has 0 aromatic heterocycles. The first-order valence-electron chi connectivity index (χ1n) is 6.45. The molecular formula is C15H20N2O. The lowest BCUT2D eigenvalue weighted by atomic mass is 9.84. The van der Waals surface area contributed by atoms with Crippen LogP contribution in [0.25, 0.3) is 0 Å². The van der Waals surface area contributed by atoms with Crippen LogP contribution < -0.4 is 4.90 Å². The molecule has 0 radical (unpaired) electrons. The van der Waals surface area contributed by atoms with E-state index < -0.39 is 0 Å². The Kier molecular flexibility index (Phi) is 3.58. The summed E-state index contributed by atoms with van der Waals surface area (Å²) in [7, 11) is 0. The minimum Gasteiger partial charge on any atom is -0.396 e. The number of aliphatic hydroxyl groups is 1. The molecular weight excluding hydrogens is 224 g/mol. The molecule has 1 aliphatic heterocycles. The van der Waals surface area contributed by atoms with E-state index in [0.29, 0.717) is 11.5 Å². The van der Waals surface area contributed by atoms with Crippen molar-refractivity contribution in [1.82, 2.24) is 0 Å². The lowest BCUT2D eigenvalue weighted by Crippen LogP contribution is -2.51. The lowest BCUT2D eigenvalue weighted by molar-refractivity contribution is 0.181.